The molecule has 0 amide bonds. The number of rotatable bonds is 4. The van der Waals surface area contributed by atoms with E-state index >= 15 is 0 Å². The van der Waals surface area contributed by atoms with Crippen molar-refractivity contribution in [2.75, 3.05) is 7.11 Å². The number of hydrogen-bond acceptors (Lipinski definition) is 2. The lowest BCUT2D eigenvalue weighted by Crippen LogP contribution is -2.54. The van der Waals surface area contributed by atoms with Crippen molar-refractivity contribution < 1.29 is 9.53 Å². The molecule has 6 unspecified atom stereocenters. The highest BCUT2D eigenvalue weighted by atomic mass is 16.5. The van der Waals surface area contributed by atoms with Gasteiger partial charge >= 0.3 is 5.97 Å². The number of fused-ring (bicyclic) bond motifs is 4. The highest BCUT2D eigenvalue weighted by molar-refractivity contribution is 5.69. The summed E-state index contributed by atoms with van der Waals surface area (Å²) in [5.41, 5.74) is 1.91. The van der Waals surface area contributed by atoms with Crippen LogP contribution < -0.4 is 0 Å². The maximum Gasteiger partial charge on any atom is 0.305 e. The van der Waals surface area contributed by atoms with E-state index in [0.717, 1.165) is 47.3 Å². The highest BCUT2D eigenvalue weighted by Gasteiger charge is 2.76. The van der Waals surface area contributed by atoms with Crippen molar-refractivity contribution in [2.24, 2.45) is 57.7 Å². The lowest BCUT2D eigenvalue weighted by atomic mass is 9.44. The molecule has 5 rings (SSSR count). The van der Waals surface area contributed by atoms with Gasteiger partial charge in [-0.1, -0.05) is 27.7 Å². The topological polar surface area (TPSA) is 26.3 Å². The molecular weight excluding hydrogens is 344 g/mol. The molecule has 0 aromatic heterocycles. The summed E-state index contributed by atoms with van der Waals surface area (Å²) < 4.78 is 4.90. The van der Waals surface area contributed by atoms with Crippen molar-refractivity contribution in [3.63, 3.8) is 0 Å². The first-order valence-corrected chi connectivity index (χ1v) is 12.3. The van der Waals surface area contributed by atoms with Gasteiger partial charge in [-0.15, -0.1) is 0 Å². The smallest absolute Gasteiger partial charge is 0.305 e. The molecule has 5 aliphatic carbocycles. The van der Waals surface area contributed by atoms with Crippen LogP contribution in [0, 0.1) is 57.7 Å². The van der Waals surface area contributed by atoms with Crippen LogP contribution in [0.25, 0.3) is 0 Å². The fourth-order valence-corrected chi connectivity index (χ4v) is 10.5. The van der Waals surface area contributed by atoms with Crippen LogP contribution in [0.3, 0.4) is 0 Å². The molecule has 2 nitrogen and oxygen atoms in total. The number of carbonyl (C=O) groups excluding carboxylic acids is 1. The van der Waals surface area contributed by atoms with E-state index in [-0.39, 0.29) is 5.97 Å². The molecule has 2 heteroatoms. The van der Waals surface area contributed by atoms with Gasteiger partial charge in [0.15, 0.2) is 0 Å². The molecule has 5 fully saturated rings. The molecule has 0 aromatic carbocycles. The Hall–Kier alpha value is -0.530. The Morgan fingerprint density at radius 1 is 1.11 bits per heavy atom. The zero-order valence-corrected chi connectivity index (χ0v) is 18.9. The Kier molecular flexibility index (Phi) is 4.33. The van der Waals surface area contributed by atoms with Crippen molar-refractivity contribution in [1.29, 1.82) is 0 Å². The fraction of sp³-hybridized carbons (Fsp3) is 0.962. The van der Waals surface area contributed by atoms with Crippen molar-refractivity contribution in [2.45, 2.75) is 91.9 Å². The van der Waals surface area contributed by atoms with Crippen LogP contribution in [0.15, 0.2) is 0 Å². The summed E-state index contributed by atoms with van der Waals surface area (Å²) in [6.45, 7) is 10.4. The van der Waals surface area contributed by atoms with Crippen LogP contribution in [0.1, 0.15) is 91.9 Å². The molecule has 0 radical (unpaired) electrons. The van der Waals surface area contributed by atoms with Gasteiger partial charge in [0.2, 0.25) is 0 Å². The van der Waals surface area contributed by atoms with Gasteiger partial charge in [0.1, 0.15) is 0 Å². The molecule has 5 aliphatic rings. The summed E-state index contributed by atoms with van der Waals surface area (Å²) in [6.07, 6.45) is 13.5. The highest BCUT2D eigenvalue weighted by Crippen LogP contribution is 2.83. The molecule has 0 saturated heterocycles. The number of carbonyl (C=O) groups is 1. The summed E-state index contributed by atoms with van der Waals surface area (Å²) in [4.78, 5) is 11.7. The summed E-state index contributed by atoms with van der Waals surface area (Å²) in [5.74, 6) is 6.36. The van der Waals surface area contributed by atoms with Gasteiger partial charge in [0.25, 0.3) is 0 Å². The zero-order valence-electron chi connectivity index (χ0n) is 18.9. The molecule has 0 bridgehead atoms. The van der Waals surface area contributed by atoms with Crippen LogP contribution in [0.2, 0.25) is 0 Å². The Labute approximate surface area is 172 Å². The fourth-order valence-electron chi connectivity index (χ4n) is 10.5. The van der Waals surface area contributed by atoms with Crippen LogP contribution in [-0.2, 0) is 9.53 Å². The Balaban J connectivity index is 1.36. The second-order valence-electron chi connectivity index (χ2n) is 12.2. The van der Waals surface area contributed by atoms with Gasteiger partial charge in [-0.3, -0.25) is 4.79 Å². The van der Waals surface area contributed by atoms with Gasteiger partial charge < -0.3 is 4.74 Å². The van der Waals surface area contributed by atoms with Crippen molar-refractivity contribution in [3.8, 4) is 0 Å². The van der Waals surface area contributed by atoms with E-state index in [1.165, 1.54) is 52.1 Å². The maximum atomic E-state index is 11.7. The van der Waals surface area contributed by atoms with Crippen LogP contribution in [-0.4, -0.2) is 13.1 Å². The van der Waals surface area contributed by atoms with Crippen LogP contribution >= 0.6 is 0 Å². The Bertz CT molecular complexity index is 657. The monoisotopic (exact) mass is 386 g/mol. The van der Waals surface area contributed by atoms with Crippen molar-refractivity contribution in [1.82, 2.24) is 0 Å². The van der Waals surface area contributed by atoms with E-state index in [1.54, 1.807) is 6.42 Å². The first-order chi connectivity index (χ1) is 13.3. The Morgan fingerprint density at radius 3 is 2.61 bits per heavy atom. The molecule has 158 valence electrons. The molecule has 5 saturated carbocycles. The SMILES string of the molecule is COC(=O)CC[C@@H](C)C1CCC2C3C[C@@H](C)C45CC4CC[C@]5(C)C3CC[C@@]21C. The molecule has 0 aromatic rings. The average Bonchev–Trinajstić information content (AvgIpc) is 3.20. The molecule has 28 heavy (non-hydrogen) atoms. The summed E-state index contributed by atoms with van der Waals surface area (Å²) >= 11 is 0. The normalized spacial score (nSPS) is 54.9. The number of ether oxygens (including phenoxy) is 1. The molecule has 10 atom stereocenters. The predicted octanol–water partition coefficient (Wildman–Crippen LogP) is 6.48. The van der Waals surface area contributed by atoms with E-state index in [9.17, 15) is 4.79 Å². The molecule has 1 spiro atoms. The third kappa shape index (κ3) is 2.30. The average molecular weight is 387 g/mol. The van der Waals surface area contributed by atoms with Crippen LogP contribution in [0.4, 0.5) is 0 Å². The third-order valence-corrected chi connectivity index (χ3v) is 11.8. The lowest BCUT2D eigenvalue weighted by molar-refractivity contribution is -0.141. The van der Waals surface area contributed by atoms with Crippen LogP contribution in [0.5, 0.6) is 0 Å². The quantitative estimate of drug-likeness (QED) is 0.517. The van der Waals surface area contributed by atoms with Gasteiger partial charge in [-0.25, -0.2) is 0 Å². The molecule has 0 aliphatic heterocycles. The van der Waals surface area contributed by atoms with Gasteiger partial charge in [0, 0.05) is 6.42 Å². The van der Waals surface area contributed by atoms with E-state index in [1.807, 2.05) is 0 Å². The minimum Gasteiger partial charge on any atom is -0.469 e. The van der Waals surface area contributed by atoms with Gasteiger partial charge in [-0.05, 0) is 115 Å². The summed E-state index contributed by atoms with van der Waals surface area (Å²) in [6, 6.07) is 0. The molecule has 0 heterocycles. The van der Waals surface area contributed by atoms with Crippen molar-refractivity contribution >= 4 is 5.97 Å². The standard InChI is InChI=1S/C26H42O2/c1-16(6-9-23(27)28-5)20-7-8-21-19-14-17(2)26-15-18(26)10-13-25(26,4)22(19)11-12-24(20,21)3/h16-22H,6-15H2,1-5H3/t16-,17-,18?,19?,20?,21?,22?,24-,25-,26?/m1/s1. The lowest BCUT2D eigenvalue weighted by Gasteiger charge is -2.61. The van der Waals surface area contributed by atoms with E-state index in [4.69, 9.17) is 4.74 Å². The largest absolute Gasteiger partial charge is 0.469 e. The first kappa shape index (κ1) is 19.4. The minimum absolute atomic E-state index is 0.0326. The van der Waals surface area contributed by atoms with E-state index < -0.39 is 0 Å². The number of methoxy groups -OCH3 is 1. The Morgan fingerprint density at radius 2 is 1.89 bits per heavy atom. The number of hydrogen-bond donors (Lipinski definition) is 0. The molecule has 0 N–H and O–H groups in total. The third-order valence-electron chi connectivity index (χ3n) is 11.8. The minimum atomic E-state index is -0.0326. The van der Waals surface area contributed by atoms with E-state index in [0.29, 0.717) is 23.2 Å². The second-order valence-corrected chi connectivity index (χ2v) is 12.2. The maximum absolute atomic E-state index is 11.7. The number of esters is 1. The molecular formula is C26H42O2. The second kappa shape index (κ2) is 6.24. The van der Waals surface area contributed by atoms with Gasteiger partial charge in [0.05, 0.1) is 7.11 Å². The summed E-state index contributed by atoms with van der Waals surface area (Å²) in [5, 5.41) is 0. The summed E-state index contributed by atoms with van der Waals surface area (Å²) in [7, 11) is 1.52. The zero-order chi connectivity index (χ0) is 19.9. The van der Waals surface area contributed by atoms with Crippen molar-refractivity contribution in [3.05, 3.63) is 0 Å². The first-order valence-electron chi connectivity index (χ1n) is 12.3. The van der Waals surface area contributed by atoms with Gasteiger partial charge in [-0.2, -0.15) is 0 Å². The van der Waals surface area contributed by atoms with E-state index in [2.05, 4.69) is 27.7 Å². The predicted molar refractivity (Wildman–Crippen MR) is 113 cm³/mol.